The average molecular weight is 235 g/mol. The van der Waals surface area contributed by atoms with Gasteiger partial charge in [-0.2, -0.15) is 0 Å². The number of aromatic hydroxyl groups is 1. The minimum Gasteiger partial charge on any atom is -0.508 e. The molecule has 0 aromatic heterocycles. The standard InChI is InChI=1S/C13H17NO3/c14-13(3-4-13)2-1-9-7-11-12(8-10(9)15)17-6-5-16-11/h7-8,15H,1-6,14H2. The first-order chi connectivity index (χ1) is 8.16. The van der Waals surface area contributed by atoms with Crippen molar-refractivity contribution in [1.29, 1.82) is 0 Å². The van der Waals surface area contributed by atoms with Crippen LogP contribution in [0.5, 0.6) is 17.2 Å². The van der Waals surface area contributed by atoms with Gasteiger partial charge in [-0.25, -0.2) is 0 Å². The Hall–Kier alpha value is -1.42. The zero-order valence-electron chi connectivity index (χ0n) is 9.74. The molecule has 3 N–H and O–H groups in total. The molecule has 1 heterocycles. The number of phenols is 1. The van der Waals surface area contributed by atoms with Gasteiger partial charge < -0.3 is 20.3 Å². The molecule has 0 bridgehead atoms. The summed E-state index contributed by atoms with van der Waals surface area (Å²) < 4.78 is 10.9. The fourth-order valence-corrected chi connectivity index (χ4v) is 2.11. The number of benzene rings is 1. The highest BCUT2D eigenvalue weighted by Gasteiger charge is 2.37. The zero-order chi connectivity index (χ0) is 11.9. The van der Waals surface area contributed by atoms with Gasteiger partial charge in [0.1, 0.15) is 19.0 Å². The smallest absolute Gasteiger partial charge is 0.165 e. The van der Waals surface area contributed by atoms with Crippen LogP contribution in [0.25, 0.3) is 0 Å². The lowest BCUT2D eigenvalue weighted by molar-refractivity contribution is 0.170. The lowest BCUT2D eigenvalue weighted by atomic mass is 10.0. The molecule has 1 saturated carbocycles. The van der Waals surface area contributed by atoms with Crippen LogP contribution >= 0.6 is 0 Å². The van der Waals surface area contributed by atoms with E-state index in [1.54, 1.807) is 6.07 Å². The summed E-state index contributed by atoms with van der Waals surface area (Å²) in [5.41, 5.74) is 6.95. The summed E-state index contributed by atoms with van der Waals surface area (Å²) in [5, 5.41) is 9.91. The first-order valence-corrected chi connectivity index (χ1v) is 6.07. The van der Waals surface area contributed by atoms with Gasteiger partial charge in [-0.3, -0.25) is 0 Å². The number of hydrogen-bond acceptors (Lipinski definition) is 4. The van der Waals surface area contributed by atoms with E-state index in [2.05, 4.69) is 0 Å². The molecule has 0 unspecified atom stereocenters. The van der Waals surface area contributed by atoms with Gasteiger partial charge in [0.15, 0.2) is 11.5 Å². The summed E-state index contributed by atoms with van der Waals surface area (Å²) in [7, 11) is 0. The van der Waals surface area contributed by atoms with Crippen molar-refractivity contribution in [2.45, 2.75) is 31.2 Å². The molecule has 0 radical (unpaired) electrons. The van der Waals surface area contributed by atoms with E-state index in [1.165, 1.54) is 0 Å². The van der Waals surface area contributed by atoms with Crippen molar-refractivity contribution < 1.29 is 14.6 Å². The Balaban J connectivity index is 1.78. The highest BCUT2D eigenvalue weighted by atomic mass is 16.6. The number of hydrogen-bond donors (Lipinski definition) is 2. The maximum Gasteiger partial charge on any atom is 0.165 e. The molecule has 4 heteroatoms. The SMILES string of the molecule is NC1(CCc2cc3c(cc2O)OCCO3)CC1. The third-order valence-corrected chi connectivity index (χ3v) is 3.53. The molecule has 1 aliphatic heterocycles. The van der Waals surface area contributed by atoms with E-state index in [0.717, 1.165) is 37.0 Å². The van der Waals surface area contributed by atoms with E-state index in [4.69, 9.17) is 15.2 Å². The quantitative estimate of drug-likeness (QED) is 0.835. The molecule has 92 valence electrons. The number of ether oxygens (including phenoxy) is 2. The van der Waals surface area contributed by atoms with Crippen LogP contribution in [-0.4, -0.2) is 23.9 Å². The monoisotopic (exact) mass is 235 g/mol. The largest absolute Gasteiger partial charge is 0.508 e. The normalized spacial score (nSPS) is 20.1. The lowest BCUT2D eigenvalue weighted by Gasteiger charge is -2.20. The van der Waals surface area contributed by atoms with Gasteiger partial charge in [0, 0.05) is 11.6 Å². The van der Waals surface area contributed by atoms with Crippen LogP contribution in [-0.2, 0) is 6.42 Å². The van der Waals surface area contributed by atoms with E-state index in [1.807, 2.05) is 6.07 Å². The van der Waals surface area contributed by atoms with E-state index in [0.29, 0.717) is 19.0 Å². The van der Waals surface area contributed by atoms with E-state index in [9.17, 15) is 5.11 Å². The Morgan fingerprint density at radius 3 is 2.47 bits per heavy atom. The third-order valence-electron chi connectivity index (χ3n) is 3.53. The molecule has 4 nitrogen and oxygen atoms in total. The predicted octanol–water partition coefficient (Wildman–Crippen LogP) is 1.59. The maximum atomic E-state index is 9.91. The summed E-state index contributed by atoms with van der Waals surface area (Å²) >= 11 is 0. The third kappa shape index (κ3) is 2.17. The number of rotatable bonds is 3. The fourth-order valence-electron chi connectivity index (χ4n) is 2.11. The molecule has 2 aliphatic rings. The van der Waals surface area contributed by atoms with Crippen molar-refractivity contribution >= 4 is 0 Å². The zero-order valence-corrected chi connectivity index (χ0v) is 9.74. The molecule has 1 fully saturated rings. The Labute approximate surface area is 100 Å². The summed E-state index contributed by atoms with van der Waals surface area (Å²) in [6.45, 7) is 1.11. The van der Waals surface area contributed by atoms with Gasteiger partial charge in [0.25, 0.3) is 0 Å². The molecule has 0 amide bonds. The van der Waals surface area contributed by atoms with Crippen LogP contribution in [0.1, 0.15) is 24.8 Å². The maximum absolute atomic E-state index is 9.91. The topological polar surface area (TPSA) is 64.7 Å². The van der Waals surface area contributed by atoms with Crippen molar-refractivity contribution in [2.24, 2.45) is 5.73 Å². The average Bonchev–Trinajstić information content (AvgIpc) is 3.05. The van der Waals surface area contributed by atoms with Crippen LogP contribution in [0, 0.1) is 0 Å². The molecule has 1 aromatic carbocycles. The predicted molar refractivity (Wildman–Crippen MR) is 63.6 cm³/mol. The molecular weight excluding hydrogens is 218 g/mol. The lowest BCUT2D eigenvalue weighted by Crippen LogP contribution is -2.22. The summed E-state index contributed by atoms with van der Waals surface area (Å²) in [6.07, 6.45) is 3.90. The Bertz CT molecular complexity index is 441. The minimum atomic E-state index is 0.0136. The van der Waals surface area contributed by atoms with Crippen LogP contribution < -0.4 is 15.2 Å². The first kappa shape index (κ1) is 10.7. The summed E-state index contributed by atoms with van der Waals surface area (Å²) in [6, 6.07) is 3.51. The molecule has 1 aromatic rings. The first-order valence-electron chi connectivity index (χ1n) is 6.07. The van der Waals surface area contributed by atoms with Gasteiger partial charge >= 0.3 is 0 Å². The number of fused-ring (bicyclic) bond motifs is 1. The fraction of sp³-hybridized carbons (Fsp3) is 0.538. The number of nitrogens with two attached hydrogens (primary N) is 1. The van der Waals surface area contributed by atoms with Crippen LogP contribution in [0.3, 0.4) is 0 Å². The summed E-state index contributed by atoms with van der Waals surface area (Å²) in [5.74, 6) is 1.64. The van der Waals surface area contributed by atoms with Gasteiger partial charge in [0.2, 0.25) is 0 Å². The van der Waals surface area contributed by atoms with Crippen molar-refractivity contribution in [3.05, 3.63) is 17.7 Å². The molecule has 0 atom stereocenters. The summed E-state index contributed by atoms with van der Waals surface area (Å²) in [4.78, 5) is 0. The van der Waals surface area contributed by atoms with E-state index in [-0.39, 0.29) is 11.3 Å². The van der Waals surface area contributed by atoms with Crippen LogP contribution in [0.2, 0.25) is 0 Å². The van der Waals surface area contributed by atoms with Crippen LogP contribution in [0.4, 0.5) is 0 Å². The second-order valence-corrected chi connectivity index (χ2v) is 4.99. The second kappa shape index (κ2) is 3.81. The van der Waals surface area contributed by atoms with Gasteiger partial charge in [-0.15, -0.1) is 0 Å². The number of phenolic OH excluding ortho intramolecular Hbond substituents is 1. The van der Waals surface area contributed by atoms with Crippen molar-refractivity contribution in [1.82, 2.24) is 0 Å². The Morgan fingerprint density at radius 2 is 1.82 bits per heavy atom. The van der Waals surface area contributed by atoms with Crippen molar-refractivity contribution in [3.8, 4) is 17.2 Å². The van der Waals surface area contributed by atoms with Gasteiger partial charge in [-0.1, -0.05) is 0 Å². The Kier molecular flexibility index (Phi) is 2.40. The van der Waals surface area contributed by atoms with E-state index < -0.39 is 0 Å². The highest BCUT2D eigenvalue weighted by Crippen LogP contribution is 2.40. The molecule has 3 rings (SSSR count). The minimum absolute atomic E-state index is 0.0136. The van der Waals surface area contributed by atoms with Crippen molar-refractivity contribution in [3.63, 3.8) is 0 Å². The molecular formula is C13H17NO3. The molecule has 17 heavy (non-hydrogen) atoms. The number of aryl methyl sites for hydroxylation is 1. The van der Waals surface area contributed by atoms with Gasteiger partial charge in [-0.05, 0) is 37.3 Å². The molecule has 1 aliphatic carbocycles. The Morgan fingerprint density at radius 1 is 1.18 bits per heavy atom. The highest BCUT2D eigenvalue weighted by molar-refractivity contribution is 5.50. The molecule has 0 spiro atoms. The second-order valence-electron chi connectivity index (χ2n) is 4.99. The van der Waals surface area contributed by atoms with E-state index >= 15 is 0 Å². The molecule has 0 saturated heterocycles. The van der Waals surface area contributed by atoms with Gasteiger partial charge in [0.05, 0.1) is 0 Å². The van der Waals surface area contributed by atoms with Crippen molar-refractivity contribution in [2.75, 3.05) is 13.2 Å². The van der Waals surface area contributed by atoms with Crippen LogP contribution in [0.15, 0.2) is 12.1 Å².